The van der Waals surface area contributed by atoms with Gasteiger partial charge in [-0.05, 0) is 26.0 Å². The molecule has 1 aromatic rings. The van der Waals surface area contributed by atoms with Crippen molar-refractivity contribution in [2.75, 3.05) is 25.0 Å². The van der Waals surface area contributed by atoms with Gasteiger partial charge in [-0.3, -0.25) is 0 Å². The van der Waals surface area contributed by atoms with Gasteiger partial charge in [0, 0.05) is 18.7 Å². The smallest absolute Gasteiger partial charge is 0.213 e. The van der Waals surface area contributed by atoms with Crippen LogP contribution in [0.15, 0.2) is 18.3 Å². The maximum absolute atomic E-state index is 5.28. The lowest BCUT2D eigenvalue weighted by Gasteiger charge is -2.12. The van der Waals surface area contributed by atoms with Gasteiger partial charge in [0.25, 0.3) is 0 Å². The minimum absolute atomic E-state index is 0.532. The molecule has 1 unspecified atom stereocenters. The van der Waals surface area contributed by atoms with Crippen LogP contribution < -0.4 is 15.4 Å². The largest absolute Gasteiger partial charge is 0.478 e. The second-order valence-electron chi connectivity index (χ2n) is 3.65. The van der Waals surface area contributed by atoms with Crippen molar-refractivity contribution in [3.05, 3.63) is 18.3 Å². The van der Waals surface area contributed by atoms with Gasteiger partial charge >= 0.3 is 0 Å². The molecule has 2 rings (SSSR count). The summed E-state index contributed by atoms with van der Waals surface area (Å²) in [6.45, 7) is 4.75. The van der Waals surface area contributed by atoms with Crippen molar-refractivity contribution in [1.82, 2.24) is 10.3 Å². The molecule has 4 nitrogen and oxygen atoms in total. The third-order valence-electron chi connectivity index (χ3n) is 2.46. The summed E-state index contributed by atoms with van der Waals surface area (Å²) in [6, 6.07) is 4.44. The Hall–Kier alpha value is -1.29. The van der Waals surface area contributed by atoms with Crippen LogP contribution in [-0.4, -0.2) is 30.7 Å². The average molecular weight is 207 g/mol. The molecule has 15 heavy (non-hydrogen) atoms. The number of pyridine rings is 1. The lowest BCUT2D eigenvalue weighted by Crippen LogP contribution is -2.22. The van der Waals surface area contributed by atoms with Crippen LogP contribution in [0.5, 0.6) is 5.88 Å². The van der Waals surface area contributed by atoms with E-state index < -0.39 is 0 Å². The quantitative estimate of drug-likeness (QED) is 0.780. The van der Waals surface area contributed by atoms with Gasteiger partial charge in [0.1, 0.15) is 0 Å². The topological polar surface area (TPSA) is 46.2 Å². The zero-order valence-electron chi connectivity index (χ0n) is 8.99. The molecule has 1 aliphatic heterocycles. The summed E-state index contributed by atoms with van der Waals surface area (Å²) in [6.07, 6.45) is 3.00. The number of rotatable bonds is 4. The Morgan fingerprint density at radius 2 is 2.53 bits per heavy atom. The van der Waals surface area contributed by atoms with Gasteiger partial charge in [0.05, 0.1) is 18.5 Å². The highest BCUT2D eigenvalue weighted by atomic mass is 16.5. The van der Waals surface area contributed by atoms with Gasteiger partial charge in [-0.1, -0.05) is 0 Å². The number of nitrogens with one attached hydrogen (secondary N) is 2. The predicted molar refractivity (Wildman–Crippen MR) is 60.3 cm³/mol. The Balaban J connectivity index is 1.91. The van der Waals surface area contributed by atoms with Gasteiger partial charge in [-0.2, -0.15) is 0 Å². The number of ether oxygens (including phenoxy) is 1. The highest BCUT2D eigenvalue weighted by molar-refractivity contribution is 5.43. The SMILES string of the molecule is CCOc1ccc(NC2CCNC2)cn1. The van der Waals surface area contributed by atoms with Crippen LogP contribution in [0.2, 0.25) is 0 Å². The Morgan fingerprint density at radius 3 is 3.13 bits per heavy atom. The van der Waals surface area contributed by atoms with E-state index in [2.05, 4.69) is 15.6 Å². The zero-order valence-corrected chi connectivity index (χ0v) is 8.99. The fourth-order valence-corrected chi connectivity index (χ4v) is 1.71. The van der Waals surface area contributed by atoms with Crippen molar-refractivity contribution >= 4 is 5.69 Å². The van der Waals surface area contributed by atoms with Crippen molar-refractivity contribution in [1.29, 1.82) is 0 Å². The monoisotopic (exact) mass is 207 g/mol. The molecule has 0 spiro atoms. The van der Waals surface area contributed by atoms with E-state index in [-0.39, 0.29) is 0 Å². The van der Waals surface area contributed by atoms with Crippen molar-refractivity contribution in [2.45, 2.75) is 19.4 Å². The number of hydrogen-bond donors (Lipinski definition) is 2. The Bertz CT molecular complexity index is 293. The third kappa shape index (κ3) is 2.83. The number of hydrogen-bond acceptors (Lipinski definition) is 4. The maximum Gasteiger partial charge on any atom is 0.213 e. The van der Waals surface area contributed by atoms with Crippen LogP contribution in [0.25, 0.3) is 0 Å². The molecule has 0 aromatic carbocycles. The summed E-state index contributed by atoms with van der Waals surface area (Å²) in [5.74, 6) is 0.688. The van der Waals surface area contributed by atoms with Gasteiger partial charge in [0.2, 0.25) is 5.88 Å². The Labute approximate surface area is 90.0 Å². The normalized spacial score (nSPS) is 20.2. The third-order valence-corrected chi connectivity index (χ3v) is 2.46. The summed E-state index contributed by atoms with van der Waals surface area (Å²) >= 11 is 0. The first-order valence-electron chi connectivity index (χ1n) is 5.44. The van der Waals surface area contributed by atoms with Gasteiger partial charge in [-0.25, -0.2) is 4.98 Å². The van der Waals surface area contributed by atoms with E-state index in [1.807, 2.05) is 25.3 Å². The van der Waals surface area contributed by atoms with E-state index in [1.165, 1.54) is 6.42 Å². The molecule has 2 heterocycles. The minimum atomic E-state index is 0.532. The van der Waals surface area contributed by atoms with E-state index in [4.69, 9.17) is 4.74 Å². The minimum Gasteiger partial charge on any atom is -0.478 e. The first kappa shape index (κ1) is 10.2. The molecule has 1 aliphatic rings. The van der Waals surface area contributed by atoms with Gasteiger partial charge in [-0.15, -0.1) is 0 Å². The number of nitrogens with zero attached hydrogens (tertiary/aromatic N) is 1. The molecular formula is C11H17N3O. The van der Waals surface area contributed by atoms with Crippen molar-refractivity contribution < 1.29 is 4.74 Å². The number of aromatic nitrogens is 1. The Kier molecular flexibility index (Phi) is 3.40. The molecule has 1 aromatic heterocycles. The van der Waals surface area contributed by atoms with Crippen molar-refractivity contribution in [3.63, 3.8) is 0 Å². The summed E-state index contributed by atoms with van der Waals surface area (Å²) in [7, 11) is 0. The van der Waals surface area contributed by atoms with Crippen LogP contribution in [0.1, 0.15) is 13.3 Å². The van der Waals surface area contributed by atoms with Gasteiger partial charge in [0.15, 0.2) is 0 Å². The van der Waals surface area contributed by atoms with E-state index in [0.717, 1.165) is 18.8 Å². The molecule has 1 fully saturated rings. The first-order chi connectivity index (χ1) is 7.38. The molecule has 0 aliphatic carbocycles. The predicted octanol–water partition coefficient (Wildman–Crippen LogP) is 1.25. The second kappa shape index (κ2) is 4.98. The number of anilines is 1. The molecule has 4 heteroatoms. The van der Waals surface area contributed by atoms with E-state index >= 15 is 0 Å². The molecule has 0 bridgehead atoms. The van der Waals surface area contributed by atoms with E-state index in [9.17, 15) is 0 Å². The molecule has 82 valence electrons. The molecule has 1 saturated heterocycles. The van der Waals surface area contributed by atoms with Crippen LogP contribution in [0.3, 0.4) is 0 Å². The van der Waals surface area contributed by atoms with Crippen LogP contribution in [0, 0.1) is 0 Å². The summed E-state index contributed by atoms with van der Waals surface area (Å²) in [5, 5.41) is 6.75. The highest BCUT2D eigenvalue weighted by Crippen LogP contribution is 2.14. The lowest BCUT2D eigenvalue weighted by atomic mass is 10.2. The molecule has 2 N–H and O–H groups in total. The zero-order chi connectivity index (χ0) is 10.5. The fraction of sp³-hybridized carbons (Fsp3) is 0.545. The standard InChI is InChI=1S/C11H17N3O/c1-2-15-11-4-3-9(8-13-11)14-10-5-6-12-7-10/h3-4,8,10,12,14H,2,5-7H2,1H3. The summed E-state index contributed by atoms with van der Waals surface area (Å²) < 4.78 is 5.28. The van der Waals surface area contributed by atoms with E-state index in [1.54, 1.807) is 0 Å². The molecular weight excluding hydrogens is 190 g/mol. The van der Waals surface area contributed by atoms with Crippen LogP contribution in [0.4, 0.5) is 5.69 Å². The highest BCUT2D eigenvalue weighted by Gasteiger charge is 2.13. The lowest BCUT2D eigenvalue weighted by molar-refractivity contribution is 0.327. The Morgan fingerprint density at radius 1 is 1.60 bits per heavy atom. The van der Waals surface area contributed by atoms with Crippen LogP contribution in [-0.2, 0) is 0 Å². The molecule has 0 amide bonds. The summed E-state index contributed by atoms with van der Waals surface area (Å²) in [5.41, 5.74) is 1.06. The van der Waals surface area contributed by atoms with E-state index in [0.29, 0.717) is 18.5 Å². The fourth-order valence-electron chi connectivity index (χ4n) is 1.71. The average Bonchev–Trinajstić information content (AvgIpc) is 2.74. The van der Waals surface area contributed by atoms with Crippen molar-refractivity contribution in [3.8, 4) is 5.88 Å². The maximum atomic E-state index is 5.28. The molecule has 0 radical (unpaired) electrons. The van der Waals surface area contributed by atoms with Crippen LogP contribution >= 0.6 is 0 Å². The molecule has 1 atom stereocenters. The molecule has 0 saturated carbocycles. The van der Waals surface area contributed by atoms with Crippen molar-refractivity contribution in [2.24, 2.45) is 0 Å². The summed E-state index contributed by atoms with van der Waals surface area (Å²) in [4.78, 5) is 4.21. The first-order valence-corrected chi connectivity index (χ1v) is 5.44. The van der Waals surface area contributed by atoms with Gasteiger partial charge < -0.3 is 15.4 Å². The second-order valence-corrected chi connectivity index (χ2v) is 3.65.